The second kappa shape index (κ2) is 5.80. The SMILES string of the molecule is C=C(C)CNC(=O)COc1ccccc1O. The second-order valence-corrected chi connectivity index (χ2v) is 3.49. The van der Waals surface area contributed by atoms with Gasteiger partial charge in [-0.3, -0.25) is 4.79 Å². The fourth-order valence-corrected chi connectivity index (χ4v) is 1.02. The van der Waals surface area contributed by atoms with Crippen LogP contribution in [0.25, 0.3) is 0 Å². The lowest BCUT2D eigenvalue weighted by Gasteiger charge is -2.08. The van der Waals surface area contributed by atoms with Crippen LogP contribution in [0.3, 0.4) is 0 Å². The normalized spacial score (nSPS) is 9.56. The monoisotopic (exact) mass is 221 g/mol. The molecule has 1 amide bonds. The Morgan fingerprint density at radius 1 is 1.50 bits per heavy atom. The van der Waals surface area contributed by atoms with Gasteiger partial charge in [0.05, 0.1) is 0 Å². The Morgan fingerprint density at radius 3 is 2.81 bits per heavy atom. The average Bonchev–Trinajstić information content (AvgIpc) is 2.25. The summed E-state index contributed by atoms with van der Waals surface area (Å²) in [6, 6.07) is 6.51. The van der Waals surface area contributed by atoms with E-state index in [1.807, 2.05) is 6.92 Å². The Morgan fingerprint density at radius 2 is 2.19 bits per heavy atom. The largest absolute Gasteiger partial charge is 0.504 e. The van der Waals surface area contributed by atoms with Crippen molar-refractivity contribution in [1.29, 1.82) is 0 Å². The van der Waals surface area contributed by atoms with Gasteiger partial charge in [-0.25, -0.2) is 0 Å². The summed E-state index contributed by atoms with van der Waals surface area (Å²) in [6.07, 6.45) is 0. The summed E-state index contributed by atoms with van der Waals surface area (Å²) in [7, 11) is 0. The molecule has 0 spiro atoms. The van der Waals surface area contributed by atoms with Crippen molar-refractivity contribution in [3.05, 3.63) is 36.4 Å². The molecule has 0 saturated heterocycles. The molecule has 0 heterocycles. The summed E-state index contributed by atoms with van der Waals surface area (Å²) >= 11 is 0. The van der Waals surface area contributed by atoms with E-state index in [0.717, 1.165) is 5.57 Å². The maximum absolute atomic E-state index is 11.3. The van der Waals surface area contributed by atoms with Crippen LogP contribution in [0, 0.1) is 0 Å². The number of amides is 1. The molecule has 86 valence electrons. The van der Waals surface area contributed by atoms with E-state index in [1.54, 1.807) is 18.2 Å². The summed E-state index contributed by atoms with van der Waals surface area (Å²) < 4.78 is 5.14. The fourth-order valence-electron chi connectivity index (χ4n) is 1.02. The van der Waals surface area contributed by atoms with Gasteiger partial charge in [0.25, 0.3) is 5.91 Å². The molecule has 0 radical (unpaired) electrons. The first-order chi connectivity index (χ1) is 7.59. The first kappa shape index (κ1) is 12.1. The summed E-state index contributed by atoms with van der Waals surface area (Å²) in [5.41, 5.74) is 0.871. The van der Waals surface area contributed by atoms with Crippen LogP contribution in [0.5, 0.6) is 11.5 Å². The molecule has 4 heteroatoms. The number of nitrogens with one attached hydrogen (secondary N) is 1. The predicted octanol–water partition coefficient (Wildman–Crippen LogP) is 1.46. The zero-order valence-corrected chi connectivity index (χ0v) is 9.19. The van der Waals surface area contributed by atoms with E-state index < -0.39 is 0 Å². The number of phenolic OH excluding ortho intramolecular Hbond substituents is 1. The van der Waals surface area contributed by atoms with Gasteiger partial charge in [-0.15, -0.1) is 0 Å². The molecule has 0 bridgehead atoms. The molecule has 0 aliphatic carbocycles. The molecule has 4 nitrogen and oxygen atoms in total. The molecule has 0 atom stereocenters. The van der Waals surface area contributed by atoms with Crippen molar-refractivity contribution in [3.8, 4) is 11.5 Å². The van der Waals surface area contributed by atoms with Crippen molar-refractivity contribution >= 4 is 5.91 Å². The zero-order valence-electron chi connectivity index (χ0n) is 9.19. The van der Waals surface area contributed by atoms with Crippen LogP contribution in [-0.4, -0.2) is 24.2 Å². The summed E-state index contributed by atoms with van der Waals surface area (Å²) in [4.78, 5) is 11.3. The third-order valence-electron chi connectivity index (χ3n) is 1.81. The number of carbonyl (C=O) groups excluding carboxylic acids is 1. The molecule has 0 fully saturated rings. The van der Waals surface area contributed by atoms with E-state index in [0.29, 0.717) is 12.3 Å². The first-order valence-electron chi connectivity index (χ1n) is 4.91. The van der Waals surface area contributed by atoms with Gasteiger partial charge in [-0.2, -0.15) is 0 Å². The minimum absolute atomic E-state index is 0.0233. The molecule has 2 N–H and O–H groups in total. The Bertz CT molecular complexity index is 388. The van der Waals surface area contributed by atoms with Crippen LogP contribution < -0.4 is 10.1 Å². The Labute approximate surface area is 94.6 Å². The zero-order chi connectivity index (χ0) is 12.0. The number of phenols is 1. The molecule has 0 aromatic heterocycles. The van der Waals surface area contributed by atoms with Gasteiger partial charge < -0.3 is 15.2 Å². The summed E-state index contributed by atoms with van der Waals surface area (Å²) in [5, 5.41) is 12.0. The number of hydrogen-bond acceptors (Lipinski definition) is 3. The number of hydrogen-bond donors (Lipinski definition) is 2. The molecular formula is C12H15NO3. The number of aromatic hydroxyl groups is 1. The lowest BCUT2D eigenvalue weighted by atomic mass is 10.3. The van der Waals surface area contributed by atoms with Gasteiger partial charge in [0, 0.05) is 6.54 Å². The maximum Gasteiger partial charge on any atom is 0.258 e. The van der Waals surface area contributed by atoms with E-state index >= 15 is 0 Å². The highest BCUT2D eigenvalue weighted by atomic mass is 16.5. The van der Waals surface area contributed by atoms with E-state index in [9.17, 15) is 9.90 Å². The van der Waals surface area contributed by atoms with Gasteiger partial charge in [-0.05, 0) is 19.1 Å². The molecular weight excluding hydrogens is 206 g/mol. The lowest BCUT2D eigenvalue weighted by Crippen LogP contribution is -2.29. The molecule has 0 aliphatic heterocycles. The molecule has 1 aromatic rings. The van der Waals surface area contributed by atoms with Crippen molar-refractivity contribution in [2.24, 2.45) is 0 Å². The summed E-state index contributed by atoms with van der Waals surface area (Å²) in [5.74, 6) is 0.0782. The average molecular weight is 221 g/mol. The highest BCUT2D eigenvalue weighted by Crippen LogP contribution is 2.23. The van der Waals surface area contributed by atoms with Gasteiger partial charge in [0.2, 0.25) is 0 Å². The quantitative estimate of drug-likeness (QED) is 0.740. The molecule has 0 saturated carbocycles. The third kappa shape index (κ3) is 4.04. The van der Waals surface area contributed by atoms with Crippen molar-refractivity contribution in [3.63, 3.8) is 0 Å². The number of para-hydroxylation sites is 2. The number of carbonyl (C=O) groups is 1. The van der Waals surface area contributed by atoms with Crippen molar-refractivity contribution in [2.75, 3.05) is 13.2 Å². The number of rotatable bonds is 5. The minimum Gasteiger partial charge on any atom is -0.504 e. The molecule has 1 aromatic carbocycles. The number of benzene rings is 1. The van der Waals surface area contributed by atoms with Crippen LogP contribution in [-0.2, 0) is 4.79 Å². The van der Waals surface area contributed by atoms with Crippen LogP contribution >= 0.6 is 0 Å². The fraction of sp³-hybridized carbons (Fsp3) is 0.250. The van der Waals surface area contributed by atoms with E-state index in [2.05, 4.69) is 11.9 Å². The van der Waals surface area contributed by atoms with E-state index in [1.165, 1.54) is 6.07 Å². The Balaban J connectivity index is 2.37. The molecule has 0 unspecified atom stereocenters. The highest BCUT2D eigenvalue weighted by molar-refractivity contribution is 5.77. The second-order valence-electron chi connectivity index (χ2n) is 3.49. The lowest BCUT2D eigenvalue weighted by molar-refractivity contribution is -0.122. The standard InChI is InChI=1S/C12H15NO3/c1-9(2)7-13-12(15)8-16-11-6-4-3-5-10(11)14/h3-6,14H,1,7-8H2,2H3,(H,13,15). The third-order valence-corrected chi connectivity index (χ3v) is 1.81. The Kier molecular flexibility index (Phi) is 4.39. The van der Waals surface area contributed by atoms with Crippen molar-refractivity contribution in [1.82, 2.24) is 5.32 Å². The van der Waals surface area contributed by atoms with E-state index in [-0.39, 0.29) is 18.3 Å². The van der Waals surface area contributed by atoms with Gasteiger partial charge in [0.1, 0.15) is 0 Å². The highest BCUT2D eigenvalue weighted by Gasteiger charge is 2.04. The van der Waals surface area contributed by atoms with Crippen LogP contribution in [0.1, 0.15) is 6.92 Å². The minimum atomic E-state index is -0.244. The first-order valence-corrected chi connectivity index (χ1v) is 4.91. The predicted molar refractivity (Wildman–Crippen MR) is 61.4 cm³/mol. The number of ether oxygens (including phenoxy) is 1. The summed E-state index contributed by atoms with van der Waals surface area (Å²) in [6.45, 7) is 5.80. The maximum atomic E-state index is 11.3. The van der Waals surface area contributed by atoms with Gasteiger partial charge in [-0.1, -0.05) is 24.3 Å². The Hall–Kier alpha value is -1.97. The van der Waals surface area contributed by atoms with Crippen LogP contribution in [0.4, 0.5) is 0 Å². The molecule has 16 heavy (non-hydrogen) atoms. The smallest absolute Gasteiger partial charge is 0.258 e. The topological polar surface area (TPSA) is 58.6 Å². The van der Waals surface area contributed by atoms with Gasteiger partial charge >= 0.3 is 0 Å². The molecule has 0 aliphatic rings. The van der Waals surface area contributed by atoms with Gasteiger partial charge in [0.15, 0.2) is 18.1 Å². The van der Waals surface area contributed by atoms with Crippen LogP contribution in [0.15, 0.2) is 36.4 Å². The van der Waals surface area contributed by atoms with Crippen molar-refractivity contribution in [2.45, 2.75) is 6.92 Å². The van der Waals surface area contributed by atoms with Crippen LogP contribution in [0.2, 0.25) is 0 Å². The van der Waals surface area contributed by atoms with Crippen molar-refractivity contribution < 1.29 is 14.6 Å². The van der Waals surface area contributed by atoms with E-state index in [4.69, 9.17) is 4.74 Å². The molecule has 1 rings (SSSR count).